The van der Waals surface area contributed by atoms with Gasteiger partial charge in [0.2, 0.25) is 0 Å². The van der Waals surface area contributed by atoms with Gasteiger partial charge in [0.15, 0.2) is 5.82 Å². The number of nitrogens with one attached hydrogen (secondary N) is 1. The van der Waals surface area contributed by atoms with Gasteiger partial charge in [-0.1, -0.05) is 12.2 Å². The van der Waals surface area contributed by atoms with Crippen LogP contribution in [0, 0.1) is 13.8 Å². The van der Waals surface area contributed by atoms with Gasteiger partial charge in [-0.25, -0.2) is 4.68 Å². The van der Waals surface area contributed by atoms with Crippen molar-refractivity contribution in [3.8, 4) is 5.82 Å². The Bertz CT molecular complexity index is 589. The first-order chi connectivity index (χ1) is 9.22. The van der Waals surface area contributed by atoms with Crippen molar-refractivity contribution in [1.29, 1.82) is 0 Å². The maximum atomic E-state index is 4.40. The number of nitrogens with zero attached hydrogens (tertiary/aromatic N) is 4. The number of hydrogen-bond acceptors (Lipinski definition) is 4. The summed E-state index contributed by atoms with van der Waals surface area (Å²) >= 11 is 0. The summed E-state index contributed by atoms with van der Waals surface area (Å²) in [5.74, 6) is 1.57. The molecule has 1 aliphatic carbocycles. The zero-order valence-corrected chi connectivity index (χ0v) is 11.2. The van der Waals surface area contributed by atoms with Gasteiger partial charge in [-0.3, -0.25) is 0 Å². The molecule has 0 unspecified atom stereocenters. The Balaban J connectivity index is 1.76. The molecule has 1 aliphatic rings. The van der Waals surface area contributed by atoms with Crippen molar-refractivity contribution in [2.75, 3.05) is 5.32 Å². The fourth-order valence-electron chi connectivity index (χ4n) is 2.32. The van der Waals surface area contributed by atoms with Crippen molar-refractivity contribution in [3.05, 3.63) is 41.7 Å². The fraction of sp³-hybridized carbons (Fsp3) is 0.357. The van der Waals surface area contributed by atoms with Gasteiger partial charge in [0, 0.05) is 11.7 Å². The lowest BCUT2D eigenvalue weighted by Crippen LogP contribution is -2.16. The van der Waals surface area contributed by atoms with Gasteiger partial charge < -0.3 is 5.32 Å². The molecule has 98 valence electrons. The summed E-state index contributed by atoms with van der Waals surface area (Å²) in [5, 5.41) is 16.2. The summed E-state index contributed by atoms with van der Waals surface area (Å²) in [6, 6.07) is 6.38. The van der Waals surface area contributed by atoms with Gasteiger partial charge in [-0.15, -0.1) is 10.2 Å². The van der Waals surface area contributed by atoms with E-state index in [2.05, 4.69) is 32.8 Å². The van der Waals surface area contributed by atoms with Crippen molar-refractivity contribution in [2.45, 2.75) is 32.7 Å². The highest BCUT2D eigenvalue weighted by molar-refractivity contribution is 5.38. The minimum atomic E-state index is 0.453. The van der Waals surface area contributed by atoms with Crippen LogP contribution in [0.25, 0.3) is 5.82 Å². The quantitative estimate of drug-likeness (QED) is 0.856. The zero-order valence-electron chi connectivity index (χ0n) is 11.2. The molecule has 0 saturated heterocycles. The molecule has 0 spiro atoms. The SMILES string of the molecule is Cc1cc(C)n(-c2ccc(NC3CC=CC3)nn2)n1. The number of aromatic nitrogens is 4. The van der Waals surface area contributed by atoms with Crippen LogP contribution in [-0.2, 0) is 0 Å². The largest absolute Gasteiger partial charge is 0.365 e. The van der Waals surface area contributed by atoms with Gasteiger partial charge >= 0.3 is 0 Å². The van der Waals surface area contributed by atoms with Gasteiger partial charge in [-0.2, -0.15) is 5.10 Å². The lowest BCUT2D eigenvalue weighted by molar-refractivity contribution is 0.758. The van der Waals surface area contributed by atoms with Gasteiger partial charge in [0.25, 0.3) is 0 Å². The van der Waals surface area contributed by atoms with Crippen molar-refractivity contribution in [1.82, 2.24) is 20.0 Å². The van der Waals surface area contributed by atoms with Crippen LogP contribution in [0.1, 0.15) is 24.2 Å². The molecule has 0 amide bonds. The Hall–Kier alpha value is -2.17. The Kier molecular flexibility index (Phi) is 3.03. The predicted octanol–water partition coefficient (Wildman–Crippen LogP) is 2.41. The third kappa shape index (κ3) is 2.50. The molecule has 19 heavy (non-hydrogen) atoms. The van der Waals surface area contributed by atoms with Gasteiger partial charge in [0.05, 0.1) is 5.69 Å². The molecule has 5 nitrogen and oxygen atoms in total. The Morgan fingerprint density at radius 2 is 1.95 bits per heavy atom. The van der Waals surface area contributed by atoms with Crippen LogP contribution in [0.4, 0.5) is 5.82 Å². The molecule has 0 aromatic carbocycles. The maximum Gasteiger partial charge on any atom is 0.176 e. The third-order valence-electron chi connectivity index (χ3n) is 3.24. The first-order valence-corrected chi connectivity index (χ1v) is 6.51. The summed E-state index contributed by atoms with van der Waals surface area (Å²) < 4.78 is 1.81. The van der Waals surface area contributed by atoms with Crippen molar-refractivity contribution >= 4 is 5.82 Å². The van der Waals surface area contributed by atoms with E-state index in [1.807, 2.05) is 36.7 Å². The van der Waals surface area contributed by atoms with Crippen LogP contribution in [0.15, 0.2) is 30.4 Å². The molecule has 0 atom stereocenters. The van der Waals surface area contributed by atoms with E-state index in [1.54, 1.807) is 0 Å². The van der Waals surface area contributed by atoms with E-state index < -0.39 is 0 Å². The molecular weight excluding hydrogens is 238 g/mol. The van der Waals surface area contributed by atoms with Crippen LogP contribution < -0.4 is 5.32 Å². The van der Waals surface area contributed by atoms with Crippen LogP contribution >= 0.6 is 0 Å². The Labute approximate surface area is 112 Å². The highest BCUT2D eigenvalue weighted by Gasteiger charge is 2.11. The molecule has 2 aromatic rings. The monoisotopic (exact) mass is 255 g/mol. The lowest BCUT2D eigenvalue weighted by atomic mass is 10.2. The topological polar surface area (TPSA) is 55.6 Å². The van der Waals surface area contributed by atoms with Crippen molar-refractivity contribution < 1.29 is 0 Å². The molecule has 0 radical (unpaired) electrons. The lowest BCUT2D eigenvalue weighted by Gasteiger charge is -2.12. The number of anilines is 1. The number of hydrogen-bond donors (Lipinski definition) is 1. The second-order valence-corrected chi connectivity index (χ2v) is 4.90. The van der Waals surface area contributed by atoms with E-state index in [4.69, 9.17) is 0 Å². The second kappa shape index (κ2) is 4.84. The number of rotatable bonds is 3. The average molecular weight is 255 g/mol. The van der Waals surface area contributed by atoms with E-state index >= 15 is 0 Å². The first-order valence-electron chi connectivity index (χ1n) is 6.51. The third-order valence-corrected chi connectivity index (χ3v) is 3.24. The van der Waals surface area contributed by atoms with E-state index in [9.17, 15) is 0 Å². The van der Waals surface area contributed by atoms with Gasteiger partial charge in [-0.05, 0) is 44.9 Å². The summed E-state index contributed by atoms with van der Waals surface area (Å²) in [7, 11) is 0. The Morgan fingerprint density at radius 3 is 2.53 bits per heavy atom. The average Bonchev–Trinajstić information content (AvgIpc) is 3.00. The molecular formula is C14H17N5. The normalized spacial score (nSPS) is 15.1. The van der Waals surface area contributed by atoms with E-state index in [0.717, 1.165) is 35.9 Å². The molecule has 2 heterocycles. The number of aryl methyl sites for hydroxylation is 2. The molecule has 0 aliphatic heterocycles. The van der Waals surface area contributed by atoms with E-state index in [1.165, 1.54) is 0 Å². The smallest absolute Gasteiger partial charge is 0.176 e. The van der Waals surface area contributed by atoms with E-state index in [0.29, 0.717) is 6.04 Å². The highest BCUT2D eigenvalue weighted by Crippen LogP contribution is 2.16. The van der Waals surface area contributed by atoms with E-state index in [-0.39, 0.29) is 0 Å². The molecule has 2 aromatic heterocycles. The molecule has 5 heteroatoms. The molecule has 3 rings (SSSR count). The second-order valence-electron chi connectivity index (χ2n) is 4.90. The summed E-state index contributed by atoms with van der Waals surface area (Å²) in [6.07, 6.45) is 6.49. The minimum absolute atomic E-state index is 0.453. The fourth-order valence-corrected chi connectivity index (χ4v) is 2.32. The highest BCUT2D eigenvalue weighted by atomic mass is 15.4. The van der Waals surface area contributed by atoms with Crippen LogP contribution in [0.2, 0.25) is 0 Å². The van der Waals surface area contributed by atoms with Crippen LogP contribution in [0.3, 0.4) is 0 Å². The standard InChI is InChI=1S/C14H17N5/c1-10-9-11(2)19(18-10)14-8-7-13(16-17-14)15-12-5-3-4-6-12/h3-4,7-9,12H,5-6H2,1-2H3,(H,15,16). The zero-order chi connectivity index (χ0) is 13.2. The van der Waals surface area contributed by atoms with Gasteiger partial charge in [0.1, 0.15) is 5.82 Å². The van der Waals surface area contributed by atoms with Crippen LogP contribution in [0.5, 0.6) is 0 Å². The van der Waals surface area contributed by atoms with Crippen molar-refractivity contribution in [3.63, 3.8) is 0 Å². The Morgan fingerprint density at radius 1 is 1.16 bits per heavy atom. The summed E-state index contributed by atoms with van der Waals surface area (Å²) in [5.41, 5.74) is 2.05. The van der Waals surface area contributed by atoms with Crippen molar-refractivity contribution in [2.24, 2.45) is 0 Å². The first kappa shape index (κ1) is 11.9. The summed E-state index contributed by atoms with van der Waals surface area (Å²) in [6.45, 7) is 3.98. The molecule has 0 saturated carbocycles. The molecule has 0 fully saturated rings. The molecule has 0 bridgehead atoms. The van der Waals surface area contributed by atoms with Crippen LogP contribution in [-0.4, -0.2) is 26.0 Å². The predicted molar refractivity (Wildman–Crippen MR) is 74.4 cm³/mol. The minimum Gasteiger partial charge on any atom is -0.365 e. The maximum absolute atomic E-state index is 4.40. The molecule has 1 N–H and O–H groups in total. The summed E-state index contributed by atoms with van der Waals surface area (Å²) in [4.78, 5) is 0.